The molecule has 2 aromatic heterocycles. The number of pyridine rings is 1. The number of carbonyl (C=O) groups excluding carboxylic acids is 1. The molecule has 190 valence electrons. The van der Waals surface area contributed by atoms with Crippen LogP contribution >= 0.6 is 0 Å². The number of carboxylic acid groups (broad SMARTS) is 1. The van der Waals surface area contributed by atoms with E-state index in [1.807, 2.05) is 26.0 Å². The fourth-order valence-corrected chi connectivity index (χ4v) is 4.33. The van der Waals surface area contributed by atoms with Gasteiger partial charge in [-0.1, -0.05) is 0 Å². The molecule has 1 aromatic carbocycles. The predicted octanol–water partition coefficient (Wildman–Crippen LogP) is 4.50. The number of hydrogen-bond donors (Lipinski definition) is 2. The molecule has 12 heteroatoms. The summed E-state index contributed by atoms with van der Waals surface area (Å²) in [7, 11) is 0. The number of carbonyl (C=O) groups is 2. The number of aromatic nitrogens is 3. The number of alkyl halides is 3. The van der Waals surface area contributed by atoms with E-state index in [4.69, 9.17) is 9.90 Å². The highest BCUT2D eigenvalue weighted by atomic mass is 19.4. The van der Waals surface area contributed by atoms with Crippen LogP contribution in [-0.4, -0.2) is 37.9 Å². The molecule has 7 nitrogen and oxygen atoms in total. The fourth-order valence-electron chi connectivity index (χ4n) is 4.33. The van der Waals surface area contributed by atoms with Crippen LogP contribution in [0.5, 0.6) is 0 Å². The van der Waals surface area contributed by atoms with E-state index in [0.717, 1.165) is 35.7 Å². The second kappa shape index (κ2) is 8.99. The highest BCUT2D eigenvalue weighted by Crippen LogP contribution is 2.57. The second-order valence-electron chi connectivity index (χ2n) is 9.14. The van der Waals surface area contributed by atoms with Crippen LogP contribution in [0.2, 0.25) is 0 Å². The van der Waals surface area contributed by atoms with E-state index in [-0.39, 0.29) is 11.6 Å². The molecule has 2 heterocycles. The molecule has 1 saturated carbocycles. The molecule has 2 aliphatic carbocycles. The zero-order chi connectivity index (χ0) is 26.4. The predicted molar refractivity (Wildman–Crippen MR) is 116 cm³/mol. The monoisotopic (exact) mass is 508 g/mol. The van der Waals surface area contributed by atoms with Crippen molar-refractivity contribution in [2.45, 2.75) is 44.3 Å². The van der Waals surface area contributed by atoms with Gasteiger partial charge in [-0.2, -0.15) is 18.3 Å². The van der Waals surface area contributed by atoms with Gasteiger partial charge in [-0.15, -0.1) is 0 Å². The lowest BCUT2D eigenvalue weighted by atomic mass is 9.95. The molecule has 0 radical (unpaired) electrons. The highest BCUT2D eigenvalue weighted by Gasteiger charge is 2.50. The third-order valence-electron chi connectivity index (χ3n) is 6.19. The van der Waals surface area contributed by atoms with Crippen molar-refractivity contribution in [1.82, 2.24) is 20.1 Å². The molecule has 0 saturated heterocycles. The van der Waals surface area contributed by atoms with Crippen LogP contribution in [0.15, 0.2) is 42.7 Å². The largest absolute Gasteiger partial charge is 0.490 e. The van der Waals surface area contributed by atoms with Gasteiger partial charge >= 0.3 is 12.1 Å². The summed E-state index contributed by atoms with van der Waals surface area (Å²) in [5, 5.41) is 14.7. The first-order chi connectivity index (χ1) is 16.8. The average molecular weight is 508 g/mol. The minimum Gasteiger partial charge on any atom is -0.475 e. The van der Waals surface area contributed by atoms with Gasteiger partial charge in [-0.25, -0.2) is 18.3 Å². The van der Waals surface area contributed by atoms with E-state index >= 15 is 0 Å². The fraction of sp³-hybridized carbons (Fsp3) is 0.333. The summed E-state index contributed by atoms with van der Waals surface area (Å²) in [5.74, 6) is -3.61. The number of nitrogens with zero attached hydrogens (tertiary/aromatic N) is 3. The van der Waals surface area contributed by atoms with Gasteiger partial charge < -0.3 is 10.4 Å². The lowest BCUT2D eigenvalue weighted by Gasteiger charge is -2.26. The molecule has 1 fully saturated rings. The number of hydrogen-bond acceptors (Lipinski definition) is 4. The van der Waals surface area contributed by atoms with E-state index < -0.39 is 29.3 Å². The Morgan fingerprint density at radius 1 is 1.11 bits per heavy atom. The average Bonchev–Trinajstić information content (AvgIpc) is 3.30. The van der Waals surface area contributed by atoms with Crippen LogP contribution < -0.4 is 5.32 Å². The van der Waals surface area contributed by atoms with Gasteiger partial charge in [0.2, 0.25) is 0 Å². The SMILES string of the molecule is CC(C)(NC(=O)c1nn(-c2ccc(F)cc2F)c2c1C1CC1C2)c1ccncc1.O=C(O)C(F)(F)F. The molecule has 5 rings (SSSR count). The van der Waals surface area contributed by atoms with Crippen molar-refractivity contribution in [3.63, 3.8) is 0 Å². The minimum absolute atomic E-state index is 0.163. The maximum atomic E-state index is 14.4. The van der Waals surface area contributed by atoms with Gasteiger partial charge in [-0.05, 0) is 68.4 Å². The Balaban J connectivity index is 0.000000384. The van der Waals surface area contributed by atoms with Crippen molar-refractivity contribution in [2.24, 2.45) is 5.92 Å². The van der Waals surface area contributed by atoms with Gasteiger partial charge in [0, 0.05) is 29.7 Å². The molecular formula is C24H21F5N4O3. The zero-order valence-corrected chi connectivity index (χ0v) is 19.1. The Bertz CT molecular complexity index is 1320. The van der Waals surface area contributed by atoms with Crippen LogP contribution in [0.25, 0.3) is 5.69 Å². The van der Waals surface area contributed by atoms with Crippen LogP contribution in [0.3, 0.4) is 0 Å². The van der Waals surface area contributed by atoms with E-state index in [9.17, 15) is 26.7 Å². The van der Waals surface area contributed by atoms with Gasteiger partial charge in [0.05, 0.1) is 5.54 Å². The first-order valence-corrected chi connectivity index (χ1v) is 10.9. The summed E-state index contributed by atoms with van der Waals surface area (Å²) >= 11 is 0. The third-order valence-corrected chi connectivity index (χ3v) is 6.19. The van der Waals surface area contributed by atoms with Crippen LogP contribution in [0.4, 0.5) is 22.0 Å². The summed E-state index contributed by atoms with van der Waals surface area (Å²) < 4.78 is 61.0. The number of halogens is 5. The Hall–Kier alpha value is -3.83. The molecule has 0 bridgehead atoms. The van der Waals surface area contributed by atoms with Gasteiger partial charge in [-0.3, -0.25) is 9.78 Å². The summed E-state index contributed by atoms with van der Waals surface area (Å²) in [5.41, 5.74) is 2.54. The normalized spacial score (nSPS) is 18.0. The second-order valence-corrected chi connectivity index (χ2v) is 9.14. The molecule has 3 aromatic rings. The third kappa shape index (κ3) is 4.93. The molecule has 1 amide bonds. The molecule has 2 unspecified atom stereocenters. The number of rotatable bonds is 4. The minimum atomic E-state index is -5.08. The van der Waals surface area contributed by atoms with Crippen LogP contribution in [0, 0.1) is 17.6 Å². The Morgan fingerprint density at radius 2 is 1.75 bits per heavy atom. The van der Waals surface area contributed by atoms with E-state index in [1.54, 1.807) is 12.4 Å². The number of benzene rings is 1. The van der Waals surface area contributed by atoms with Crippen molar-refractivity contribution >= 4 is 11.9 Å². The van der Waals surface area contributed by atoms with Crippen LogP contribution in [0.1, 0.15) is 53.5 Å². The van der Waals surface area contributed by atoms with Crippen molar-refractivity contribution in [3.05, 3.63) is 76.9 Å². The zero-order valence-electron chi connectivity index (χ0n) is 19.1. The van der Waals surface area contributed by atoms with Crippen molar-refractivity contribution < 1.29 is 36.6 Å². The molecule has 0 spiro atoms. The lowest BCUT2D eigenvalue weighted by Crippen LogP contribution is -2.41. The van der Waals surface area contributed by atoms with Gasteiger partial charge in [0.25, 0.3) is 5.91 Å². The molecule has 2 aliphatic rings. The van der Waals surface area contributed by atoms with E-state index in [1.165, 1.54) is 16.8 Å². The Morgan fingerprint density at radius 3 is 2.33 bits per heavy atom. The van der Waals surface area contributed by atoms with Crippen LogP contribution in [-0.2, 0) is 16.8 Å². The summed E-state index contributed by atoms with van der Waals surface area (Å²) in [6.45, 7) is 3.83. The Kier molecular flexibility index (Phi) is 6.31. The smallest absolute Gasteiger partial charge is 0.475 e. The lowest BCUT2D eigenvalue weighted by molar-refractivity contribution is -0.192. The maximum Gasteiger partial charge on any atom is 0.490 e. The number of fused-ring (bicyclic) bond motifs is 3. The topological polar surface area (TPSA) is 97.1 Å². The summed E-state index contributed by atoms with van der Waals surface area (Å²) in [4.78, 5) is 26.1. The molecule has 2 atom stereocenters. The van der Waals surface area contributed by atoms with Gasteiger partial charge in [0.15, 0.2) is 11.5 Å². The maximum absolute atomic E-state index is 14.4. The molecular weight excluding hydrogens is 487 g/mol. The number of carboxylic acids is 1. The van der Waals surface area contributed by atoms with Crippen molar-refractivity contribution in [3.8, 4) is 5.69 Å². The summed E-state index contributed by atoms with van der Waals surface area (Å²) in [6, 6.07) is 7.12. The van der Waals surface area contributed by atoms with E-state index in [0.29, 0.717) is 17.5 Å². The van der Waals surface area contributed by atoms with Gasteiger partial charge in [0.1, 0.15) is 11.5 Å². The Labute approximate surface area is 202 Å². The number of amides is 1. The molecule has 2 N–H and O–H groups in total. The highest BCUT2D eigenvalue weighted by molar-refractivity contribution is 5.95. The molecule has 36 heavy (non-hydrogen) atoms. The number of aliphatic carboxylic acids is 1. The molecule has 0 aliphatic heterocycles. The first-order valence-electron chi connectivity index (χ1n) is 10.9. The number of nitrogens with one attached hydrogen (secondary N) is 1. The quantitative estimate of drug-likeness (QED) is 0.506. The first kappa shape index (κ1) is 25.3. The van der Waals surface area contributed by atoms with Crippen molar-refractivity contribution in [2.75, 3.05) is 0 Å². The standard InChI is InChI=1S/C22H20F2N4O.C2HF3O2/c1-22(2,13-5-7-25-8-6-13)26-21(29)20-19-15-9-12(15)10-18(19)28(27-20)17-4-3-14(23)11-16(17)24;3-2(4,5)1(6)7/h3-8,11-12,15H,9-10H2,1-2H3,(H,26,29);(H,6,7). The van der Waals surface area contributed by atoms with E-state index in [2.05, 4.69) is 15.4 Å². The summed E-state index contributed by atoms with van der Waals surface area (Å²) in [6.07, 6.45) is 0.0625. The van der Waals surface area contributed by atoms with Crippen molar-refractivity contribution in [1.29, 1.82) is 0 Å².